The molecule has 0 bridgehead atoms. The van der Waals surface area contributed by atoms with E-state index in [-0.39, 0.29) is 21.4 Å². The van der Waals surface area contributed by atoms with Crippen LogP contribution >= 0.6 is 11.6 Å². The summed E-state index contributed by atoms with van der Waals surface area (Å²) in [5.74, 6) is -0.556. The average Bonchev–Trinajstić information content (AvgIpc) is 2.86. The molecule has 2 rings (SSSR count). The van der Waals surface area contributed by atoms with E-state index in [9.17, 15) is 13.2 Å². The van der Waals surface area contributed by atoms with Crippen LogP contribution in [0.25, 0.3) is 0 Å². The first-order valence-electron chi connectivity index (χ1n) is 5.86. The van der Waals surface area contributed by atoms with Crippen molar-refractivity contribution < 1.29 is 13.2 Å². The van der Waals surface area contributed by atoms with Gasteiger partial charge in [-0.3, -0.25) is 9.89 Å². The van der Waals surface area contributed by atoms with Gasteiger partial charge in [0.25, 0.3) is 5.91 Å². The fraction of sp³-hybridized carbons (Fsp3) is 0.167. The van der Waals surface area contributed by atoms with Crippen molar-refractivity contribution in [3.05, 3.63) is 41.2 Å². The number of aromatic nitrogens is 2. The number of para-hydroxylation sites is 1. The van der Waals surface area contributed by atoms with Crippen molar-refractivity contribution in [3.8, 4) is 0 Å². The largest absolute Gasteiger partial charge is 0.319 e. The Labute approximate surface area is 127 Å². The van der Waals surface area contributed by atoms with Crippen LogP contribution < -0.4 is 5.32 Å². The smallest absolute Gasteiger partial charge is 0.276 e. The van der Waals surface area contributed by atoms with Gasteiger partial charge in [-0.05, 0) is 12.1 Å². The zero-order valence-electron chi connectivity index (χ0n) is 11.3. The molecule has 0 radical (unpaired) electrons. The van der Waals surface area contributed by atoms with Crippen LogP contribution in [0.15, 0.2) is 35.2 Å². The van der Waals surface area contributed by atoms with Gasteiger partial charge in [0.05, 0.1) is 5.69 Å². The maximum atomic E-state index is 12.2. The van der Waals surface area contributed by atoms with Crippen molar-refractivity contribution in [2.24, 2.45) is 0 Å². The second kappa shape index (κ2) is 5.84. The summed E-state index contributed by atoms with van der Waals surface area (Å²) in [5, 5.41) is 8.87. The molecule has 1 amide bonds. The van der Waals surface area contributed by atoms with Gasteiger partial charge >= 0.3 is 0 Å². The van der Waals surface area contributed by atoms with E-state index in [4.69, 9.17) is 11.6 Å². The Morgan fingerprint density at radius 3 is 2.57 bits per heavy atom. The number of nitrogens with zero attached hydrogens (tertiary/aromatic N) is 2. The molecule has 2 aromatic rings. The third kappa shape index (κ3) is 3.23. The number of nitrogens with one attached hydrogen (secondary N) is 2. The minimum Gasteiger partial charge on any atom is -0.319 e. The summed E-state index contributed by atoms with van der Waals surface area (Å²) < 4.78 is 25.5. The summed E-state index contributed by atoms with van der Waals surface area (Å²) in [5.41, 5.74) is 0.243. The predicted molar refractivity (Wildman–Crippen MR) is 78.9 cm³/mol. The van der Waals surface area contributed by atoms with Crippen molar-refractivity contribution in [1.82, 2.24) is 14.5 Å². The Morgan fingerprint density at radius 1 is 1.33 bits per heavy atom. The first-order chi connectivity index (χ1) is 9.82. The van der Waals surface area contributed by atoms with E-state index in [1.807, 2.05) is 0 Å². The van der Waals surface area contributed by atoms with Gasteiger partial charge in [-0.15, -0.1) is 0 Å². The zero-order chi connectivity index (χ0) is 15.6. The molecule has 1 aromatic heterocycles. The summed E-state index contributed by atoms with van der Waals surface area (Å²) in [7, 11) is -0.830. The highest BCUT2D eigenvalue weighted by atomic mass is 35.5. The summed E-state index contributed by atoms with van der Waals surface area (Å²) in [6.45, 7) is 0. The molecule has 0 fully saturated rings. The third-order valence-corrected chi connectivity index (χ3v) is 4.74. The number of amides is 1. The molecule has 21 heavy (non-hydrogen) atoms. The number of rotatable bonds is 4. The van der Waals surface area contributed by atoms with Gasteiger partial charge < -0.3 is 5.32 Å². The number of benzene rings is 1. The van der Waals surface area contributed by atoms with Crippen molar-refractivity contribution >= 4 is 33.2 Å². The first-order valence-corrected chi connectivity index (χ1v) is 7.68. The van der Waals surface area contributed by atoms with Crippen LogP contribution in [0.5, 0.6) is 0 Å². The number of carbonyl (C=O) groups is 1. The number of halogens is 1. The van der Waals surface area contributed by atoms with Crippen LogP contribution in [0.4, 0.5) is 5.69 Å². The van der Waals surface area contributed by atoms with Gasteiger partial charge in [-0.1, -0.05) is 23.7 Å². The number of hydrogen-bond donors (Lipinski definition) is 2. The Hall–Kier alpha value is -1.90. The highest BCUT2D eigenvalue weighted by Gasteiger charge is 2.22. The molecule has 0 spiro atoms. The molecule has 0 aliphatic rings. The van der Waals surface area contributed by atoms with E-state index in [2.05, 4.69) is 15.5 Å². The molecule has 112 valence electrons. The highest BCUT2D eigenvalue weighted by molar-refractivity contribution is 7.89. The normalized spacial score (nSPS) is 11.6. The molecule has 0 atom stereocenters. The van der Waals surface area contributed by atoms with Gasteiger partial charge in [0, 0.05) is 20.2 Å². The zero-order valence-corrected chi connectivity index (χ0v) is 12.9. The van der Waals surface area contributed by atoms with Crippen LogP contribution in [0.3, 0.4) is 0 Å². The fourth-order valence-electron chi connectivity index (χ4n) is 1.59. The summed E-state index contributed by atoms with van der Waals surface area (Å²) >= 11 is 5.65. The number of H-pyrrole nitrogens is 1. The topological polar surface area (TPSA) is 95.2 Å². The molecule has 2 N–H and O–H groups in total. The summed E-state index contributed by atoms with van der Waals surface area (Å²) in [6, 6.07) is 7.48. The molecule has 1 aromatic carbocycles. The van der Waals surface area contributed by atoms with Crippen LogP contribution in [-0.4, -0.2) is 42.9 Å². The lowest BCUT2D eigenvalue weighted by molar-refractivity contribution is 0.102. The second-order valence-corrected chi connectivity index (χ2v) is 6.87. The predicted octanol–water partition coefficient (Wildman–Crippen LogP) is 1.57. The maximum absolute atomic E-state index is 12.2. The first kappa shape index (κ1) is 15.5. The SMILES string of the molecule is CN(C)S(=O)(=O)c1ccccc1NC(=O)c1cc(Cl)[nH]n1. The number of anilines is 1. The van der Waals surface area contributed by atoms with Crippen LogP contribution in [0, 0.1) is 0 Å². The van der Waals surface area contributed by atoms with Gasteiger partial charge in [-0.25, -0.2) is 12.7 Å². The lowest BCUT2D eigenvalue weighted by Gasteiger charge is -2.15. The maximum Gasteiger partial charge on any atom is 0.276 e. The Bertz CT molecular complexity index is 770. The van der Waals surface area contributed by atoms with Crippen LogP contribution in [-0.2, 0) is 10.0 Å². The quantitative estimate of drug-likeness (QED) is 0.890. The lowest BCUT2D eigenvalue weighted by atomic mass is 10.3. The molecule has 0 saturated carbocycles. The minimum absolute atomic E-state index is 0.00461. The molecule has 7 nitrogen and oxygen atoms in total. The Kier molecular flexibility index (Phi) is 4.31. The van der Waals surface area contributed by atoms with Crippen molar-refractivity contribution in [2.45, 2.75) is 4.90 Å². The second-order valence-electron chi connectivity index (χ2n) is 4.34. The molecule has 0 unspecified atom stereocenters. The molecule has 0 aliphatic heterocycles. The van der Waals surface area contributed by atoms with Crippen LogP contribution in [0.1, 0.15) is 10.5 Å². The number of carbonyl (C=O) groups excluding carboxylic acids is 1. The number of sulfonamides is 1. The van der Waals surface area contributed by atoms with Crippen molar-refractivity contribution in [3.63, 3.8) is 0 Å². The van der Waals surface area contributed by atoms with E-state index >= 15 is 0 Å². The standard InChI is InChI=1S/C12H13ClN4O3S/c1-17(2)21(19,20)10-6-4-3-5-8(10)14-12(18)9-7-11(13)16-15-9/h3-7H,1-2H3,(H,14,18)(H,15,16). The molecule has 0 aliphatic carbocycles. The average molecular weight is 329 g/mol. The third-order valence-electron chi connectivity index (χ3n) is 2.67. The van der Waals surface area contributed by atoms with Crippen LogP contribution in [0.2, 0.25) is 5.15 Å². The number of hydrogen-bond acceptors (Lipinski definition) is 4. The molecular weight excluding hydrogens is 316 g/mol. The Balaban J connectivity index is 2.36. The van der Waals surface area contributed by atoms with E-state index in [0.717, 1.165) is 4.31 Å². The van der Waals surface area contributed by atoms with E-state index in [1.165, 1.54) is 32.3 Å². The van der Waals surface area contributed by atoms with Gasteiger partial charge in [0.15, 0.2) is 5.69 Å². The molecular formula is C12H13ClN4O3S. The molecule has 1 heterocycles. The van der Waals surface area contributed by atoms with Gasteiger partial charge in [0.2, 0.25) is 10.0 Å². The van der Waals surface area contributed by atoms with Crippen molar-refractivity contribution in [2.75, 3.05) is 19.4 Å². The van der Waals surface area contributed by atoms with E-state index in [0.29, 0.717) is 0 Å². The Morgan fingerprint density at radius 2 is 2.00 bits per heavy atom. The number of aromatic amines is 1. The van der Waals surface area contributed by atoms with Gasteiger partial charge in [-0.2, -0.15) is 5.10 Å². The van der Waals surface area contributed by atoms with Gasteiger partial charge in [0.1, 0.15) is 10.0 Å². The molecule has 9 heteroatoms. The lowest BCUT2D eigenvalue weighted by Crippen LogP contribution is -2.24. The monoisotopic (exact) mass is 328 g/mol. The van der Waals surface area contributed by atoms with Crippen molar-refractivity contribution in [1.29, 1.82) is 0 Å². The summed E-state index contributed by atoms with van der Waals surface area (Å²) in [4.78, 5) is 12.0. The fourth-order valence-corrected chi connectivity index (χ4v) is 2.78. The molecule has 0 saturated heterocycles. The minimum atomic E-state index is -3.67. The van der Waals surface area contributed by atoms with E-state index in [1.54, 1.807) is 12.1 Å². The summed E-state index contributed by atoms with van der Waals surface area (Å²) in [6.07, 6.45) is 0. The van der Waals surface area contributed by atoms with E-state index < -0.39 is 15.9 Å². The highest BCUT2D eigenvalue weighted by Crippen LogP contribution is 2.23.